The van der Waals surface area contributed by atoms with Crippen molar-refractivity contribution in [1.29, 1.82) is 5.53 Å². The molecule has 0 radical (unpaired) electrons. The van der Waals surface area contributed by atoms with Crippen molar-refractivity contribution >= 4 is 139 Å². The molecule has 0 bridgehead atoms. The van der Waals surface area contributed by atoms with Gasteiger partial charge in [-0.15, -0.1) is 12.4 Å². The van der Waals surface area contributed by atoms with Crippen LogP contribution in [0.25, 0.3) is 16.9 Å². The minimum absolute atomic E-state index is 0. The largest absolute Gasteiger partial charge is 1.00 e. The number of anilines is 6. The van der Waals surface area contributed by atoms with Crippen LogP contribution in [0.4, 0.5) is 74.8 Å². The van der Waals surface area contributed by atoms with Crippen molar-refractivity contribution in [2.45, 2.75) is 216 Å². The number of nitrogens with two attached hydrogens (primary N) is 5. The molecule has 0 aromatic carbocycles. The Morgan fingerprint density at radius 3 is 1.19 bits per heavy atom. The van der Waals surface area contributed by atoms with E-state index in [9.17, 15) is 47.9 Å². The van der Waals surface area contributed by atoms with Gasteiger partial charge >= 0.3 is 48.1 Å². The summed E-state index contributed by atoms with van der Waals surface area (Å²) in [5, 5.41) is 25.4. The van der Waals surface area contributed by atoms with E-state index in [0.717, 1.165) is 174 Å². The number of pyridine rings is 3. The van der Waals surface area contributed by atoms with E-state index in [1.54, 1.807) is 37.2 Å². The Bertz CT molecular complexity index is 5230. The molecule has 5 atom stereocenters. The molecule has 6 aliphatic rings. The first kappa shape index (κ1) is 103. The van der Waals surface area contributed by atoms with Crippen molar-refractivity contribution < 1.29 is 77.5 Å². The van der Waals surface area contributed by atoms with Gasteiger partial charge in [0.1, 0.15) is 17.5 Å². The van der Waals surface area contributed by atoms with Crippen molar-refractivity contribution in [2.75, 3.05) is 71.2 Å². The SMILES string of the molecule is C.CC(C)(C)[S@@](=O)N[C@@H]1CCCC12CCN(c1ncc(Br)c3nccn13)CC2.CC(C)(C)[S@@](=O)N[C@@H]1CCCC12CCN(c1ncc(Sc3cc(N)ncc3C(F)(F)F)c3nccn13)CC2.Cl.N.N=N/N=N/N=N/N=N/N=N/N.Nc1cc(Sc2cnc(N3CCC4(CCC[C@H]4N)CC3)n3ccnc23)c(C(F)(F)F)cn1.Nc1cc([S-])c(C(F)(F)F)cn1.[Na+]. The van der Waals surface area contributed by atoms with Gasteiger partial charge in [0.25, 0.3) is 0 Å². The Morgan fingerprint density at radius 1 is 0.492 bits per heavy atom. The summed E-state index contributed by atoms with van der Waals surface area (Å²) in [6.45, 7) is 17.3. The second-order valence-electron chi connectivity index (χ2n) is 31.4. The van der Waals surface area contributed by atoms with Crippen LogP contribution in [0.1, 0.15) is 162 Å². The molecular formula is C72H99BrClF9N33NaO2S5. The first-order valence-corrected chi connectivity index (χ1v) is 43.1. The van der Waals surface area contributed by atoms with Crippen LogP contribution < -0.4 is 88.6 Å². The molecule has 3 saturated heterocycles. The number of rotatable bonds is 15. The van der Waals surface area contributed by atoms with Gasteiger partial charge in [-0.2, -0.15) is 49.9 Å². The molecule has 3 aliphatic heterocycles. The zero-order valence-corrected chi connectivity index (χ0v) is 76.6. The molecule has 672 valence electrons. The fourth-order valence-electron chi connectivity index (χ4n) is 15.7. The van der Waals surface area contributed by atoms with Gasteiger partial charge in [0, 0.05) is 142 Å². The number of halogens is 11. The molecule has 124 heavy (non-hydrogen) atoms. The molecule has 0 unspecified atom stereocenters. The summed E-state index contributed by atoms with van der Waals surface area (Å²) in [4.78, 5) is 45.1. The molecule has 15 rings (SSSR count). The molecule has 12 heterocycles. The number of nitrogen functional groups attached to an aromatic ring is 3. The van der Waals surface area contributed by atoms with E-state index >= 15 is 0 Å². The van der Waals surface area contributed by atoms with Crippen molar-refractivity contribution in [3.8, 4) is 0 Å². The second-order valence-corrected chi connectivity index (χ2v) is 38.9. The number of nitrogens with one attached hydrogen (secondary N) is 3. The number of imidazole rings is 3. The normalized spacial score (nSPS) is 19.3. The van der Waals surface area contributed by atoms with E-state index in [1.165, 1.54) is 37.8 Å². The van der Waals surface area contributed by atoms with E-state index in [0.29, 0.717) is 39.3 Å². The fraction of sp³-hybridized carbons (Fsp3) is 0.542. The number of alkyl halides is 9. The molecule has 16 N–H and O–H groups in total. The molecule has 3 saturated carbocycles. The van der Waals surface area contributed by atoms with Crippen molar-refractivity contribution in [1.82, 2.24) is 73.7 Å². The van der Waals surface area contributed by atoms with Gasteiger partial charge in [0.05, 0.1) is 62.4 Å². The average Bonchev–Trinajstić information content (AvgIpc) is 1.48. The topological polar surface area (TPSA) is 497 Å². The third-order valence-electron chi connectivity index (χ3n) is 22.0. The zero-order valence-electron chi connectivity index (χ0n) is 68.1. The van der Waals surface area contributed by atoms with E-state index in [1.807, 2.05) is 68.9 Å². The van der Waals surface area contributed by atoms with Gasteiger partial charge in [-0.3, -0.25) is 13.2 Å². The summed E-state index contributed by atoms with van der Waals surface area (Å²) in [5.74, 6) is 6.99. The maximum atomic E-state index is 13.6. The summed E-state index contributed by atoms with van der Waals surface area (Å²) in [6.07, 6.45) is 20.7. The summed E-state index contributed by atoms with van der Waals surface area (Å²) in [7, 11) is -2.12. The standard InChI is InChI=1S/C25H32F3N7OS2.C21H24F3N7S.C19H28BrN5OS.C6H5F3N2S.CH4.ClH.H3N11.H3N.Na/c1-23(2,3)38(36)33-19-5-4-6-24(19)7-10-34(11-8-24)22-32-15-18(21-30-9-12-35(21)22)37-17-13-20(29)31-14-16(17)25(26,27)28;22-21(23,24)13-11-28-17(26)10-14(13)32-15-12-29-19(31-9-6-27-18(15)31)30-7-4-20(5-8-30)3-1-2-16(20)25;1-18(2,3)27(26)23-15-5-4-6-19(15)7-10-24(11-8-19)17-22-13-14(20)16-21-9-12-25(16)17;7-6(8,9)3-2-11-5(10)1-4(3)12;;;1-3-5-7-9-11-10-8-6-4-2;;/h9,12-15,19,33H,4-8,10-11H2,1-3H3,(H2,29,31);6,9-12,16H,1-5,7-8,25H2,(H2,26,28);9,12-13,15,23H,4-8,10-11H2,1-3H3;1-2H,(H3,10,11,12);1H4;1H;(H3,1,2,5,6,9,10);1H3;/q;;;;;;;;+1/p-1/t19-,38-;16-;15-,27-;;;;;;/m111....../s1. The van der Waals surface area contributed by atoms with E-state index < -0.39 is 57.2 Å². The van der Waals surface area contributed by atoms with Crippen LogP contribution in [-0.4, -0.2) is 133 Å². The number of fused-ring (bicyclic) bond motifs is 3. The van der Waals surface area contributed by atoms with Crippen LogP contribution in [0.3, 0.4) is 0 Å². The molecule has 9 aromatic rings. The van der Waals surface area contributed by atoms with Crippen LogP contribution in [0, 0.1) is 21.8 Å². The predicted molar refractivity (Wildman–Crippen MR) is 460 cm³/mol. The molecular weight excluding hydrogens is 1830 g/mol. The minimum atomic E-state index is -4.56. The fourth-order valence-corrected chi connectivity index (χ4v) is 20.4. The molecule has 6 fully saturated rings. The third kappa shape index (κ3) is 25.1. The van der Waals surface area contributed by atoms with E-state index in [4.69, 9.17) is 28.5 Å². The Balaban J connectivity index is 0.000000225. The minimum Gasteiger partial charge on any atom is -0.779 e. The predicted octanol–water partition coefficient (Wildman–Crippen LogP) is 13.9. The van der Waals surface area contributed by atoms with Gasteiger partial charge in [0.15, 0.2) is 16.9 Å². The third-order valence-corrected chi connectivity index (χ3v) is 28.2. The summed E-state index contributed by atoms with van der Waals surface area (Å²) in [5.41, 5.74) is 29.0. The number of hydrogen-bond donors (Lipinski definition) is 9. The molecule has 3 aliphatic carbocycles. The van der Waals surface area contributed by atoms with Crippen molar-refractivity contribution in [3.05, 3.63) is 114 Å². The molecule has 9 aromatic heterocycles. The number of aromatic nitrogens is 12. The van der Waals surface area contributed by atoms with Crippen LogP contribution in [0.15, 0.2) is 169 Å². The van der Waals surface area contributed by atoms with Crippen LogP contribution in [0.2, 0.25) is 0 Å². The summed E-state index contributed by atoms with van der Waals surface area (Å²) < 4.78 is 156. The van der Waals surface area contributed by atoms with Gasteiger partial charge in [0.2, 0.25) is 17.8 Å². The van der Waals surface area contributed by atoms with Crippen LogP contribution in [0.5, 0.6) is 0 Å². The average molecular weight is 1930 g/mol. The first-order valence-electron chi connectivity index (χ1n) is 37.9. The smallest absolute Gasteiger partial charge is 0.779 e. The van der Waals surface area contributed by atoms with E-state index in [-0.39, 0.29) is 126 Å². The monoisotopic (exact) mass is 1930 g/mol. The Hall–Kier alpha value is -7.89. The maximum absolute atomic E-state index is 13.6. The van der Waals surface area contributed by atoms with Gasteiger partial charge < -0.3 is 62.3 Å². The van der Waals surface area contributed by atoms with Gasteiger partial charge in [-0.25, -0.2) is 62.7 Å². The zero-order chi connectivity index (χ0) is 86.8. The summed E-state index contributed by atoms with van der Waals surface area (Å²) in [6, 6.07) is 4.31. The Morgan fingerprint density at radius 2 is 0.831 bits per heavy atom. The molecule has 52 heteroatoms. The first-order chi connectivity index (χ1) is 56.8. The summed E-state index contributed by atoms with van der Waals surface area (Å²) >= 11 is 9.84. The molecule has 0 amide bonds. The van der Waals surface area contributed by atoms with Gasteiger partial charge in [-0.1, -0.05) is 55.4 Å². The van der Waals surface area contributed by atoms with Crippen molar-refractivity contribution in [2.24, 2.45) is 74.8 Å². The van der Waals surface area contributed by atoms with Crippen LogP contribution in [-0.2, 0) is 53.1 Å². The number of piperidine rings is 3. The number of hydrogen-bond acceptors (Lipinski definition) is 24. The molecule has 35 nitrogen and oxygen atoms in total. The quantitative estimate of drug-likeness (QED) is 0.0115. The maximum Gasteiger partial charge on any atom is 1.00 e. The second kappa shape index (κ2) is 43.7. The number of nitrogens with zero attached hydrogens (tertiary/aromatic N) is 24. The van der Waals surface area contributed by atoms with Gasteiger partial charge in [-0.05, 0) is 211 Å². The Kier molecular flexibility index (Phi) is 36.4. The Labute approximate surface area is 765 Å². The van der Waals surface area contributed by atoms with E-state index in [2.05, 4.69) is 155 Å². The van der Waals surface area contributed by atoms with Crippen LogP contribution >= 0.6 is 51.9 Å². The van der Waals surface area contributed by atoms with Crippen molar-refractivity contribution in [3.63, 3.8) is 0 Å². The molecule has 3 spiro atoms.